The molecule has 0 saturated heterocycles. The fourth-order valence-corrected chi connectivity index (χ4v) is 3.55. The van der Waals surface area contributed by atoms with Crippen molar-refractivity contribution in [3.05, 3.63) is 91.9 Å². The van der Waals surface area contributed by atoms with Crippen LogP contribution in [0.5, 0.6) is 11.5 Å². The number of hydrogen-bond acceptors (Lipinski definition) is 5. The van der Waals surface area contributed by atoms with E-state index in [9.17, 15) is 9.90 Å². The van der Waals surface area contributed by atoms with E-state index in [-0.39, 0.29) is 13.6 Å². The van der Waals surface area contributed by atoms with Gasteiger partial charge in [0.2, 0.25) is 0 Å². The highest BCUT2D eigenvalue weighted by molar-refractivity contribution is 6.42. The highest BCUT2D eigenvalue weighted by atomic mass is 35.5. The molecular weight excluding hydrogens is 497 g/mol. The predicted octanol–water partition coefficient (Wildman–Crippen LogP) is 6.13. The van der Waals surface area contributed by atoms with E-state index in [2.05, 4.69) is 15.8 Å². The van der Waals surface area contributed by atoms with Crippen molar-refractivity contribution in [2.24, 2.45) is 5.10 Å². The number of aryl methyl sites for hydroxylation is 1. The molecule has 0 fully saturated rings. The Bertz CT molecular complexity index is 1200. The second-order valence-electron chi connectivity index (χ2n) is 7.48. The summed E-state index contributed by atoms with van der Waals surface area (Å²) in [5, 5.41) is 18.0. The number of amides is 1. The number of ether oxygens (including phenoxy) is 1. The molecule has 0 atom stereocenters. The average molecular weight is 525 g/mol. The van der Waals surface area contributed by atoms with Crippen molar-refractivity contribution < 1.29 is 17.5 Å². The van der Waals surface area contributed by atoms with Crippen molar-refractivity contribution in [2.75, 3.05) is 19.7 Å². The van der Waals surface area contributed by atoms with Crippen LogP contribution in [0.25, 0.3) is 0 Å². The van der Waals surface area contributed by atoms with Gasteiger partial charge in [0, 0.05) is 15.0 Å². The van der Waals surface area contributed by atoms with E-state index in [0.717, 1.165) is 35.4 Å². The van der Waals surface area contributed by atoms with Gasteiger partial charge in [-0.15, -0.1) is 0 Å². The molecule has 0 radical (unpaired) electrons. The van der Waals surface area contributed by atoms with Gasteiger partial charge in [0.15, 0.2) is 0 Å². The average Bonchev–Trinajstić information content (AvgIpc) is 2.81. The van der Waals surface area contributed by atoms with E-state index in [4.69, 9.17) is 39.5 Å². The lowest BCUT2D eigenvalue weighted by molar-refractivity contribution is 0.0955. The second-order valence-corrected chi connectivity index (χ2v) is 8.70. The lowest BCUT2D eigenvalue weighted by Gasteiger charge is -2.10. The van der Waals surface area contributed by atoms with E-state index < -0.39 is 5.91 Å². The van der Waals surface area contributed by atoms with Gasteiger partial charge in [-0.1, -0.05) is 40.9 Å². The van der Waals surface area contributed by atoms with Crippen LogP contribution < -0.4 is 15.5 Å². The van der Waals surface area contributed by atoms with Crippen LogP contribution in [0.3, 0.4) is 0 Å². The minimum Gasteiger partial charge on any atom is -0.506 e. The van der Waals surface area contributed by atoms with Crippen LogP contribution in [-0.2, 0) is 6.42 Å². The van der Waals surface area contributed by atoms with Crippen LogP contribution in [-0.4, -0.2) is 36.9 Å². The number of carbonyl (C=O) groups is 1. The Labute approximate surface area is 216 Å². The van der Waals surface area contributed by atoms with Gasteiger partial charge in [-0.2, -0.15) is 5.10 Å². The van der Waals surface area contributed by atoms with Crippen LogP contribution in [0.15, 0.2) is 59.7 Å². The third-order valence-corrected chi connectivity index (χ3v) is 5.98. The Morgan fingerprint density at radius 3 is 2.59 bits per heavy atom. The third-order valence-electron chi connectivity index (χ3n) is 4.94. The molecule has 0 heterocycles. The lowest BCUT2D eigenvalue weighted by atomic mass is 10.1. The summed E-state index contributed by atoms with van der Waals surface area (Å²) in [5.41, 5.74) is 5.66. The maximum Gasteiger partial charge on any atom is 0.271 e. The van der Waals surface area contributed by atoms with Crippen molar-refractivity contribution in [1.82, 2.24) is 10.7 Å². The number of hydrazone groups is 1. The number of nitrogens with zero attached hydrogens (tertiary/aromatic N) is 1. The van der Waals surface area contributed by atoms with Crippen LogP contribution in [0, 0.1) is 6.92 Å². The molecular formula is C25H28Cl3N3O3. The standard InChI is InChI=1S/C25H24Cl3N3O3.2H2/c1-16-12-20(34-11-10-29-9-8-17-2-6-21(26)22(27)13-17)5-3-19(16)15-30-31-25(33)18-4-7-24(32)23(28)14-18;;/h2-7,12-15,29,32H,8-11H2,1H3,(H,31,33);2*1H/b30-15+;;. The summed E-state index contributed by atoms with van der Waals surface area (Å²) in [7, 11) is 0. The van der Waals surface area contributed by atoms with Crippen molar-refractivity contribution >= 4 is 46.9 Å². The number of halogens is 3. The molecule has 34 heavy (non-hydrogen) atoms. The second kappa shape index (κ2) is 12.6. The van der Waals surface area contributed by atoms with E-state index >= 15 is 0 Å². The fourth-order valence-electron chi connectivity index (χ4n) is 3.05. The molecule has 0 spiro atoms. The molecule has 0 bridgehead atoms. The first kappa shape index (κ1) is 25.8. The van der Waals surface area contributed by atoms with Crippen molar-refractivity contribution in [3.8, 4) is 11.5 Å². The Balaban J connectivity index is 0.00000324. The summed E-state index contributed by atoms with van der Waals surface area (Å²) in [6.07, 6.45) is 2.41. The Morgan fingerprint density at radius 2 is 1.85 bits per heavy atom. The molecule has 0 aliphatic rings. The summed E-state index contributed by atoms with van der Waals surface area (Å²) in [6.45, 7) is 3.97. The largest absolute Gasteiger partial charge is 0.506 e. The number of benzene rings is 3. The summed E-state index contributed by atoms with van der Waals surface area (Å²) < 4.78 is 5.80. The van der Waals surface area contributed by atoms with Crippen molar-refractivity contribution in [3.63, 3.8) is 0 Å². The van der Waals surface area contributed by atoms with Crippen LogP contribution in [0.1, 0.15) is 29.9 Å². The van der Waals surface area contributed by atoms with Gasteiger partial charge in [0.1, 0.15) is 18.1 Å². The molecule has 1 amide bonds. The quantitative estimate of drug-likeness (QED) is 0.169. The summed E-state index contributed by atoms with van der Waals surface area (Å²) >= 11 is 17.8. The van der Waals surface area contributed by atoms with Gasteiger partial charge in [-0.3, -0.25) is 4.79 Å². The zero-order valence-corrected chi connectivity index (χ0v) is 20.7. The predicted molar refractivity (Wildman–Crippen MR) is 142 cm³/mol. The first-order chi connectivity index (χ1) is 16.3. The summed E-state index contributed by atoms with van der Waals surface area (Å²) in [5.74, 6) is 0.241. The molecule has 0 aromatic heterocycles. The highest BCUT2D eigenvalue weighted by Crippen LogP contribution is 2.24. The number of phenols is 1. The zero-order valence-electron chi connectivity index (χ0n) is 18.4. The van der Waals surface area contributed by atoms with Crippen molar-refractivity contribution in [1.29, 1.82) is 0 Å². The van der Waals surface area contributed by atoms with Crippen LogP contribution >= 0.6 is 34.8 Å². The van der Waals surface area contributed by atoms with Gasteiger partial charge in [-0.05, 0) is 85.1 Å². The summed E-state index contributed by atoms with van der Waals surface area (Å²) in [4.78, 5) is 12.1. The minimum absolute atomic E-state index is 0. The Hall–Kier alpha value is -2.77. The molecule has 3 aromatic carbocycles. The third kappa shape index (κ3) is 7.64. The zero-order chi connectivity index (χ0) is 24.5. The van der Waals surface area contributed by atoms with E-state index in [1.807, 2.05) is 37.3 Å². The molecule has 9 heteroatoms. The number of nitrogens with one attached hydrogen (secondary N) is 2. The van der Waals surface area contributed by atoms with Gasteiger partial charge >= 0.3 is 0 Å². The Kier molecular flexibility index (Phi) is 9.60. The fraction of sp³-hybridized carbons (Fsp3) is 0.200. The summed E-state index contributed by atoms with van der Waals surface area (Å²) in [6, 6.07) is 15.5. The maximum absolute atomic E-state index is 12.1. The first-order valence-corrected chi connectivity index (χ1v) is 11.7. The molecule has 0 unspecified atom stereocenters. The van der Waals surface area contributed by atoms with E-state index in [0.29, 0.717) is 28.8 Å². The van der Waals surface area contributed by atoms with Crippen LogP contribution in [0.4, 0.5) is 0 Å². The minimum atomic E-state index is -0.428. The monoisotopic (exact) mass is 523 g/mol. The molecule has 0 aliphatic carbocycles. The molecule has 3 N–H and O–H groups in total. The van der Waals surface area contributed by atoms with E-state index in [1.54, 1.807) is 12.3 Å². The molecule has 6 nitrogen and oxygen atoms in total. The van der Waals surface area contributed by atoms with E-state index in [1.165, 1.54) is 18.2 Å². The molecule has 182 valence electrons. The highest BCUT2D eigenvalue weighted by Gasteiger charge is 2.07. The van der Waals surface area contributed by atoms with Crippen molar-refractivity contribution in [2.45, 2.75) is 13.3 Å². The van der Waals surface area contributed by atoms with Gasteiger partial charge in [0.05, 0.1) is 21.3 Å². The topological polar surface area (TPSA) is 83.0 Å². The molecule has 3 rings (SSSR count). The number of rotatable bonds is 10. The normalized spacial score (nSPS) is 11.1. The smallest absolute Gasteiger partial charge is 0.271 e. The van der Waals surface area contributed by atoms with Crippen LogP contribution in [0.2, 0.25) is 15.1 Å². The molecule has 3 aromatic rings. The SMILES string of the molecule is Cc1cc(OCCNCCc2ccc(Cl)c(Cl)c2)ccc1/C=N/NC(=O)c1ccc(O)c(Cl)c1.[HH].[HH]. The molecule has 0 saturated carbocycles. The number of phenolic OH excluding ortho intramolecular Hbond substituents is 1. The number of aromatic hydroxyl groups is 1. The van der Waals surface area contributed by atoms with Gasteiger partial charge < -0.3 is 15.2 Å². The number of hydrogen-bond donors (Lipinski definition) is 3. The molecule has 0 aliphatic heterocycles. The number of carbonyl (C=O) groups excluding carboxylic acids is 1. The van der Waals surface area contributed by atoms with Gasteiger partial charge in [0.25, 0.3) is 5.91 Å². The lowest BCUT2D eigenvalue weighted by Crippen LogP contribution is -2.23. The first-order valence-electron chi connectivity index (χ1n) is 10.5. The van der Waals surface area contributed by atoms with Gasteiger partial charge in [-0.25, -0.2) is 5.43 Å². The Morgan fingerprint density at radius 1 is 1.03 bits per heavy atom. The maximum atomic E-state index is 12.1.